The quantitative estimate of drug-likeness (QED) is 0.287. The minimum atomic E-state index is -0.0969. The summed E-state index contributed by atoms with van der Waals surface area (Å²) in [7, 11) is 0. The molecule has 0 aliphatic heterocycles. The number of carbonyl (C=O) groups is 1. The predicted molar refractivity (Wildman–Crippen MR) is 89.0 cm³/mol. The van der Waals surface area contributed by atoms with E-state index in [9.17, 15) is 4.79 Å². The van der Waals surface area contributed by atoms with Crippen LogP contribution in [0.4, 0.5) is 0 Å². The molecule has 2 heteroatoms. The van der Waals surface area contributed by atoms with Crippen molar-refractivity contribution in [1.29, 1.82) is 0 Å². The van der Waals surface area contributed by atoms with E-state index in [1.807, 2.05) is 0 Å². The summed E-state index contributed by atoms with van der Waals surface area (Å²) in [6.45, 7) is 4.31. The SMILES string of the molecule is CCCCCCCC[CH]C(=O)OC(C)C1CCCCCC1. The highest BCUT2D eigenvalue weighted by Crippen LogP contribution is 2.27. The molecule has 0 aromatic heterocycles. The number of unbranched alkanes of at least 4 members (excludes halogenated alkanes) is 6. The normalized spacial score (nSPS) is 18.2. The molecular formula is C19H35O2. The van der Waals surface area contributed by atoms with E-state index < -0.39 is 0 Å². The van der Waals surface area contributed by atoms with Gasteiger partial charge in [0.15, 0.2) is 0 Å². The van der Waals surface area contributed by atoms with Crippen LogP contribution in [0, 0.1) is 12.3 Å². The summed E-state index contributed by atoms with van der Waals surface area (Å²) in [5.74, 6) is 0.485. The molecule has 0 amide bonds. The van der Waals surface area contributed by atoms with Crippen molar-refractivity contribution in [2.45, 2.75) is 103 Å². The average molecular weight is 295 g/mol. The van der Waals surface area contributed by atoms with Crippen molar-refractivity contribution in [2.75, 3.05) is 0 Å². The number of esters is 1. The maximum Gasteiger partial charge on any atom is 0.310 e. The summed E-state index contributed by atoms with van der Waals surface area (Å²) in [5, 5.41) is 0. The van der Waals surface area contributed by atoms with Crippen LogP contribution in [-0.4, -0.2) is 12.1 Å². The Morgan fingerprint density at radius 2 is 1.67 bits per heavy atom. The Hall–Kier alpha value is -0.530. The van der Waals surface area contributed by atoms with Crippen LogP contribution in [-0.2, 0) is 9.53 Å². The van der Waals surface area contributed by atoms with Crippen molar-refractivity contribution in [1.82, 2.24) is 0 Å². The third kappa shape index (κ3) is 9.16. The average Bonchev–Trinajstić information content (AvgIpc) is 2.75. The fourth-order valence-corrected chi connectivity index (χ4v) is 3.25. The van der Waals surface area contributed by atoms with E-state index in [2.05, 4.69) is 13.8 Å². The number of rotatable bonds is 10. The Balaban J connectivity index is 2.04. The van der Waals surface area contributed by atoms with Gasteiger partial charge in [0.25, 0.3) is 0 Å². The van der Waals surface area contributed by atoms with Crippen molar-refractivity contribution in [3.05, 3.63) is 6.42 Å². The molecule has 1 aliphatic rings. The fraction of sp³-hybridized carbons (Fsp3) is 0.895. The zero-order valence-corrected chi connectivity index (χ0v) is 14.2. The van der Waals surface area contributed by atoms with Crippen molar-refractivity contribution in [2.24, 2.45) is 5.92 Å². The van der Waals surface area contributed by atoms with Gasteiger partial charge in [-0.25, -0.2) is 0 Å². The van der Waals surface area contributed by atoms with Crippen LogP contribution in [0.1, 0.15) is 97.3 Å². The molecule has 123 valence electrons. The van der Waals surface area contributed by atoms with Crippen LogP contribution in [0.2, 0.25) is 0 Å². The molecule has 0 aromatic rings. The molecule has 0 bridgehead atoms. The van der Waals surface area contributed by atoms with Gasteiger partial charge in [-0.15, -0.1) is 0 Å². The van der Waals surface area contributed by atoms with Crippen molar-refractivity contribution in [3.63, 3.8) is 0 Å². The van der Waals surface area contributed by atoms with Gasteiger partial charge in [0, 0.05) is 0 Å². The van der Waals surface area contributed by atoms with E-state index in [0.717, 1.165) is 12.8 Å². The molecule has 1 unspecified atom stereocenters. The fourth-order valence-electron chi connectivity index (χ4n) is 3.25. The molecule has 0 saturated heterocycles. The lowest BCUT2D eigenvalue weighted by molar-refractivity contribution is -0.146. The van der Waals surface area contributed by atoms with Gasteiger partial charge in [-0.05, 0) is 32.1 Å². The Morgan fingerprint density at radius 3 is 2.33 bits per heavy atom. The van der Waals surface area contributed by atoms with Crippen LogP contribution >= 0.6 is 0 Å². The van der Waals surface area contributed by atoms with Gasteiger partial charge in [-0.3, -0.25) is 4.79 Å². The standard InChI is InChI=1S/C19H35O2/c1-3-4-5-6-7-8-13-16-19(20)21-17(2)18-14-11-9-10-12-15-18/h16-18H,3-15H2,1-2H3. The first-order chi connectivity index (χ1) is 10.2. The Labute approximate surface area is 132 Å². The largest absolute Gasteiger partial charge is 0.462 e. The van der Waals surface area contributed by atoms with Crippen LogP contribution < -0.4 is 0 Å². The minimum Gasteiger partial charge on any atom is -0.462 e. The van der Waals surface area contributed by atoms with Crippen LogP contribution in [0.25, 0.3) is 0 Å². The highest BCUT2D eigenvalue weighted by Gasteiger charge is 2.22. The summed E-state index contributed by atoms with van der Waals surface area (Å²) >= 11 is 0. The lowest BCUT2D eigenvalue weighted by Gasteiger charge is -2.22. The second kappa shape index (κ2) is 12.1. The van der Waals surface area contributed by atoms with E-state index in [1.54, 1.807) is 6.42 Å². The lowest BCUT2D eigenvalue weighted by atomic mass is 9.95. The first-order valence-electron chi connectivity index (χ1n) is 9.28. The monoisotopic (exact) mass is 295 g/mol. The maximum atomic E-state index is 11.8. The van der Waals surface area contributed by atoms with Gasteiger partial charge in [0.1, 0.15) is 6.10 Å². The number of ether oxygens (including phenoxy) is 1. The van der Waals surface area contributed by atoms with Gasteiger partial charge in [-0.2, -0.15) is 0 Å². The molecule has 1 radical (unpaired) electrons. The number of hydrogen-bond donors (Lipinski definition) is 0. The molecule has 0 aromatic carbocycles. The van der Waals surface area contributed by atoms with Gasteiger partial charge >= 0.3 is 5.97 Å². The van der Waals surface area contributed by atoms with Gasteiger partial charge in [-0.1, -0.05) is 71.1 Å². The zero-order valence-electron chi connectivity index (χ0n) is 14.2. The Kier molecular flexibility index (Phi) is 10.6. The van der Waals surface area contributed by atoms with Gasteiger partial charge in [0.05, 0.1) is 6.42 Å². The summed E-state index contributed by atoms with van der Waals surface area (Å²) in [4.78, 5) is 11.8. The molecule has 1 rings (SSSR count). The minimum absolute atomic E-state index is 0.0939. The molecule has 21 heavy (non-hydrogen) atoms. The number of carbonyl (C=O) groups excluding carboxylic acids is 1. The summed E-state index contributed by atoms with van der Waals surface area (Å²) in [6, 6.07) is 0. The predicted octanol–water partition coefficient (Wildman–Crippen LogP) is 5.84. The molecule has 0 N–H and O–H groups in total. The topological polar surface area (TPSA) is 26.3 Å². The highest BCUT2D eigenvalue weighted by molar-refractivity contribution is 5.78. The third-order valence-electron chi connectivity index (χ3n) is 4.73. The zero-order chi connectivity index (χ0) is 15.3. The second-order valence-corrected chi connectivity index (χ2v) is 6.65. The molecule has 0 heterocycles. The van der Waals surface area contributed by atoms with Crippen LogP contribution in [0.3, 0.4) is 0 Å². The summed E-state index contributed by atoms with van der Waals surface area (Å²) in [5.41, 5.74) is 0. The van der Waals surface area contributed by atoms with E-state index in [1.165, 1.54) is 70.6 Å². The van der Waals surface area contributed by atoms with E-state index in [-0.39, 0.29) is 12.1 Å². The smallest absolute Gasteiger partial charge is 0.310 e. The first-order valence-corrected chi connectivity index (χ1v) is 9.28. The third-order valence-corrected chi connectivity index (χ3v) is 4.73. The molecule has 1 atom stereocenters. The Morgan fingerprint density at radius 1 is 1.05 bits per heavy atom. The molecule has 1 aliphatic carbocycles. The number of hydrogen-bond acceptors (Lipinski definition) is 2. The van der Waals surface area contributed by atoms with Crippen molar-refractivity contribution >= 4 is 5.97 Å². The Bertz CT molecular complexity index is 254. The molecular weight excluding hydrogens is 260 g/mol. The first kappa shape index (κ1) is 18.5. The van der Waals surface area contributed by atoms with Crippen LogP contribution in [0.15, 0.2) is 0 Å². The van der Waals surface area contributed by atoms with Crippen molar-refractivity contribution < 1.29 is 9.53 Å². The molecule has 1 saturated carbocycles. The summed E-state index contributed by atoms with van der Waals surface area (Å²) < 4.78 is 5.60. The van der Waals surface area contributed by atoms with E-state index >= 15 is 0 Å². The van der Waals surface area contributed by atoms with Crippen molar-refractivity contribution in [3.8, 4) is 0 Å². The highest BCUT2D eigenvalue weighted by atomic mass is 16.5. The summed E-state index contributed by atoms with van der Waals surface area (Å²) in [6.07, 6.45) is 18.1. The molecule has 0 spiro atoms. The van der Waals surface area contributed by atoms with Gasteiger partial charge in [0.2, 0.25) is 0 Å². The van der Waals surface area contributed by atoms with Crippen LogP contribution in [0.5, 0.6) is 0 Å². The van der Waals surface area contributed by atoms with E-state index in [0.29, 0.717) is 5.92 Å². The van der Waals surface area contributed by atoms with Gasteiger partial charge < -0.3 is 4.74 Å². The maximum absolute atomic E-state index is 11.8. The molecule has 1 fully saturated rings. The second-order valence-electron chi connectivity index (χ2n) is 6.65. The van der Waals surface area contributed by atoms with E-state index in [4.69, 9.17) is 4.74 Å². The molecule has 2 nitrogen and oxygen atoms in total. The lowest BCUT2D eigenvalue weighted by Crippen LogP contribution is -2.24.